The SMILES string of the molecule is CCCCOc1ccc(C(=O)NOCC(=O)Nc2cc(Cl)ccc2OC)cc1OC. The van der Waals surface area contributed by atoms with Crippen molar-refractivity contribution >= 4 is 29.1 Å². The van der Waals surface area contributed by atoms with Gasteiger partial charge in [-0.05, 0) is 42.8 Å². The molecule has 8 nitrogen and oxygen atoms in total. The molecule has 2 rings (SSSR count). The molecule has 2 N–H and O–H groups in total. The van der Waals surface area contributed by atoms with E-state index >= 15 is 0 Å². The molecule has 162 valence electrons. The summed E-state index contributed by atoms with van der Waals surface area (Å²) in [6, 6.07) is 9.59. The summed E-state index contributed by atoms with van der Waals surface area (Å²) in [5, 5.41) is 3.05. The van der Waals surface area contributed by atoms with Gasteiger partial charge in [0.25, 0.3) is 11.8 Å². The fourth-order valence-corrected chi connectivity index (χ4v) is 2.62. The van der Waals surface area contributed by atoms with Crippen molar-refractivity contribution < 1.29 is 28.6 Å². The molecule has 0 unspecified atom stereocenters. The molecule has 0 saturated carbocycles. The zero-order chi connectivity index (χ0) is 21.9. The quantitative estimate of drug-likeness (QED) is 0.410. The lowest BCUT2D eigenvalue weighted by Crippen LogP contribution is -2.29. The molecule has 0 spiro atoms. The van der Waals surface area contributed by atoms with Gasteiger partial charge >= 0.3 is 0 Å². The number of hydrogen-bond acceptors (Lipinski definition) is 6. The van der Waals surface area contributed by atoms with Crippen LogP contribution in [0.4, 0.5) is 5.69 Å². The third-order valence-electron chi connectivity index (χ3n) is 3.99. The summed E-state index contributed by atoms with van der Waals surface area (Å²) in [4.78, 5) is 29.3. The van der Waals surface area contributed by atoms with Gasteiger partial charge in [0.2, 0.25) is 0 Å². The number of carbonyl (C=O) groups is 2. The average Bonchev–Trinajstić information content (AvgIpc) is 2.74. The second-order valence-electron chi connectivity index (χ2n) is 6.18. The highest BCUT2D eigenvalue weighted by molar-refractivity contribution is 6.31. The van der Waals surface area contributed by atoms with Crippen LogP contribution in [-0.2, 0) is 9.63 Å². The van der Waals surface area contributed by atoms with Crippen LogP contribution in [0.15, 0.2) is 36.4 Å². The Labute approximate surface area is 180 Å². The van der Waals surface area contributed by atoms with Crippen LogP contribution < -0.4 is 25.0 Å². The van der Waals surface area contributed by atoms with Crippen LogP contribution in [0.3, 0.4) is 0 Å². The van der Waals surface area contributed by atoms with Crippen molar-refractivity contribution in [3.05, 3.63) is 47.0 Å². The Morgan fingerprint density at radius 3 is 2.43 bits per heavy atom. The highest BCUT2D eigenvalue weighted by Crippen LogP contribution is 2.29. The zero-order valence-electron chi connectivity index (χ0n) is 17.1. The molecule has 0 fully saturated rings. The maximum atomic E-state index is 12.3. The van der Waals surface area contributed by atoms with Crippen LogP contribution in [0.5, 0.6) is 17.2 Å². The first-order valence-electron chi connectivity index (χ1n) is 9.34. The van der Waals surface area contributed by atoms with Crippen molar-refractivity contribution in [2.45, 2.75) is 19.8 Å². The van der Waals surface area contributed by atoms with Crippen molar-refractivity contribution in [2.75, 3.05) is 32.8 Å². The van der Waals surface area contributed by atoms with Gasteiger partial charge in [0.15, 0.2) is 18.1 Å². The summed E-state index contributed by atoms with van der Waals surface area (Å²) in [6.45, 7) is 2.23. The number of hydrogen-bond donors (Lipinski definition) is 2. The van der Waals surface area contributed by atoms with Crippen LogP contribution in [0, 0.1) is 0 Å². The van der Waals surface area contributed by atoms with E-state index in [4.69, 9.17) is 30.6 Å². The number of hydroxylamine groups is 1. The molecule has 2 amide bonds. The van der Waals surface area contributed by atoms with Crippen LogP contribution >= 0.6 is 11.6 Å². The third kappa shape index (κ3) is 6.82. The molecule has 0 heterocycles. The van der Waals surface area contributed by atoms with E-state index < -0.39 is 18.4 Å². The monoisotopic (exact) mass is 436 g/mol. The second kappa shape index (κ2) is 11.9. The number of halogens is 1. The van der Waals surface area contributed by atoms with E-state index in [0.29, 0.717) is 40.1 Å². The summed E-state index contributed by atoms with van der Waals surface area (Å²) in [7, 11) is 2.97. The molecule has 0 aliphatic carbocycles. The van der Waals surface area contributed by atoms with Gasteiger partial charge in [-0.3, -0.25) is 14.4 Å². The highest BCUT2D eigenvalue weighted by Gasteiger charge is 2.13. The number of anilines is 1. The predicted octanol–water partition coefficient (Wildman–Crippen LogP) is 3.84. The molecule has 2 aromatic rings. The molecule has 0 aliphatic rings. The highest BCUT2D eigenvalue weighted by atomic mass is 35.5. The van der Waals surface area contributed by atoms with Crippen molar-refractivity contribution in [2.24, 2.45) is 0 Å². The van der Waals surface area contributed by atoms with E-state index in [1.807, 2.05) is 0 Å². The first-order chi connectivity index (χ1) is 14.5. The molecular formula is C21H25ClN2O6. The fourth-order valence-electron chi connectivity index (χ4n) is 2.44. The van der Waals surface area contributed by atoms with E-state index in [2.05, 4.69) is 17.7 Å². The van der Waals surface area contributed by atoms with Gasteiger partial charge in [-0.1, -0.05) is 24.9 Å². The van der Waals surface area contributed by atoms with Crippen molar-refractivity contribution in [3.63, 3.8) is 0 Å². The van der Waals surface area contributed by atoms with E-state index in [-0.39, 0.29) is 0 Å². The summed E-state index contributed by atoms with van der Waals surface area (Å²) >= 11 is 5.93. The number of unbranched alkanes of at least 4 members (excludes halogenated alkanes) is 1. The number of carbonyl (C=O) groups excluding carboxylic acids is 2. The first kappa shape index (κ1) is 23.3. The third-order valence-corrected chi connectivity index (χ3v) is 4.22. The van der Waals surface area contributed by atoms with Crippen LogP contribution in [-0.4, -0.2) is 39.2 Å². The van der Waals surface area contributed by atoms with E-state index in [1.54, 1.807) is 30.3 Å². The summed E-state index contributed by atoms with van der Waals surface area (Å²) in [5.74, 6) is 0.419. The minimum atomic E-state index is -0.526. The first-order valence-corrected chi connectivity index (χ1v) is 9.72. The minimum absolute atomic E-state index is 0.298. The van der Waals surface area contributed by atoms with Gasteiger partial charge in [-0.15, -0.1) is 0 Å². The van der Waals surface area contributed by atoms with Gasteiger partial charge in [-0.2, -0.15) is 0 Å². The molecule has 0 saturated heterocycles. The molecule has 0 aromatic heterocycles. The maximum absolute atomic E-state index is 12.3. The second-order valence-corrected chi connectivity index (χ2v) is 6.62. The summed E-state index contributed by atoms with van der Waals surface area (Å²) in [5.41, 5.74) is 2.92. The number of nitrogens with one attached hydrogen (secondary N) is 2. The molecular weight excluding hydrogens is 412 g/mol. The summed E-state index contributed by atoms with van der Waals surface area (Å²) in [6.07, 6.45) is 1.93. The van der Waals surface area contributed by atoms with Crippen LogP contribution in [0.1, 0.15) is 30.1 Å². The molecule has 0 atom stereocenters. The Kier molecular flexibility index (Phi) is 9.24. The van der Waals surface area contributed by atoms with Gasteiger partial charge in [0.1, 0.15) is 5.75 Å². The molecule has 2 aromatic carbocycles. The van der Waals surface area contributed by atoms with Gasteiger partial charge < -0.3 is 19.5 Å². The normalized spacial score (nSPS) is 10.3. The smallest absolute Gasteiger partial charge is 0.274 e. The van der Waals surface area contributed by atoms with Gasteiger partial charge in [0, 0.05) is 10.6 Å². The summed E-state index contributed by atoms with van der Waals surface area (Å²) < 4.78 is 16.1. The lowest BCUT2D eigenvalue weighted by Gasteiger charge is -2.12. The Morgan fingerprint density at radius 2 is 1.73 bits per heavy atom. The topological polar surface area (TPSA) is 95.1 Å². The Balaban J connectivity index is 1.88. The van der Waals surface area contributed by atoms with E-state index in [0.717, 1.165) is 12.8 Å². The molecule has 30 heavy (non-hydrogen) atoms. The zero-order valence-corrected chi connectivity index (χ0v) is 17.9. The van der Waals surface area contributed by atoms with Gasteiger partial charge in [-0.25, -0.2) is 5.48 Å². The lowest BCUT2D eigenvalue weighted by atomic mass is 10.2. The van der Waals surface area contributed by atoms with E-state index in [1.165, 1.54) is 20.3 Å². The average molecular weight is 437 g/mol. The number of benzene rings is 2. The Hall–Kier alpha value is -2.97. The molecule has 0 radical (unpaired) electrons. The molecule has 9 heteroatoms. The van der Waals surface area contributed by atoms with Crippen molar-refractivity contribution in [3.8, 4) is 17.2 Å². The standard InChI is InChI=1S/C21H25ClN2O6/c1-4-5-10-29-18-8-6-14(11-19(18)28-3)21(26)24-30-13-20(25)23-16-12-15(22)7-9-17(16)27-2/h6-9,11-12H,4-5,10,13H2,1-3H3,(H,23,25)(H,24,26). The van der Waals surface area contributed by atoms with E-state index in [9.17, 15) is 9.59 Å². The lowest BCUT2D eigenvalue weighted by molar-refractivity contribution is -0.122. The number of rotatable bonds is 11. The molecule has 0 bridgehead atoms. The van der Waals surface area contributed by atoms with Crippen LogP contribution in [0.25, 0.3) is 0 Å². The fraction of sp³-hybridized carbons (Fsp3) is 0.333. The van der Waals surface area contributed by atoms with Crippen molar-refractivity contribution in [1.29, 1.82) is 0 Å². The minimum Gasteiger partial charge on any atom is -0.495 e. The number of amides is 2. The maximum Gasteiger partial charge on any atom is 0.274 e. The van der Waals surface area contributed by atoms with Crippen LogP contribution in [0.2, 0.25) is 5.02 Å². The Bertz CT molecular complexity index is 875. The van der Waals surface area contributed by atoms with Crippen molar-refractivity contribution in [1.82, 2.24) is 5.48 Å². The largest absolute Gasteiger partial charge is 0.495 e. The Morgan fingerprint density at radius 1 is 1.00 bits per heavy atom. The van der Waals surface area contributed by atoms with Gasteiger partial charge in [0.05, 0.1) is 26.5 Å². The number of ether oxygens (including phenoxy) is 3. The number of methoxy groups -OCH3 is 2. The predicted molar refractivity (Wildman–Crippen MR) is 113 cm³/mol. The molecule has 0 aliphatic heterocycles.